The Morgan fingerprint density at radius 2 is 2.00 bits per heavy atom. The SMILES string of the molecule is COC(=O)C=Cc1ccc([C@@H]2CCCN2CCc2ccccc2Cl)cc1. The van der Waals surface area contributed by atoms with Gasteiger partial charge in [-0.05, 0) is 54.6 Å². The van der Waals surface area contributed by atoms with Gasteiger partial charge in [0.05, 0.1) is 7.11 Å². The molecule has 0 saturated carbocycles. The molecule has 0 aliphatic carbocycles. The first-order chi connectivity index (χ1) is 12.7. The van der Waals surface area contributed by atoms with Gasteiger partial charge in [-0.1, -0.05) is 54.1 Å². The second-order valence-corrected chi connectivity index (χ2v) is 6.97. The van der Waals surface area contributed by atoms with Crippen molar-refractivity contribution in [2.24, 2.45) is 0 Å². The van der Waals surface area contributed by atoms with Crippen LogP contribution in [0.2, 0.25) is 5.02 Å². The highest BCUT2D eigenvalue weighted by Gasteiger charge is 2.25. The summed E-state index contributed by atoms with van der Waals surface area (Å²) in [6.45, 7) is 2.14. The van der Waals surface area contributed by atoms with Gasteiger partial charge in [-0.25, -0.2) is 4.79 Å². The Bertz CT molecular complexity index is 770. The van der Waals surface area contributed by atoms with Crippen LogP contribution >= 0.6 is 11.6 Å². The molecule has 0 amide bonds. The molecule has 26 heavy (non-hydrogen) atoms. The van der Waals surface area contributed by atoms with E-state index in [1.165, 1.54) is 37.2 Å². The van der Waals surface area contributed by atoms with Gasteiger partial charge in [0.15, 0.2) is 0 Å². The fourth-order valence-electron chi connectivity index (χ4n) is 3.50. The Labute approximate surface area is 160 Å². The first kappa shape index (κ1) is 18.7. The van der Waals surface area contributed by atoms with Gasteiger partial charge in [0.1, 0.15) is 0 Å². The van der Waals surface area contributed by atoms with E-state index in [1.807, 2.05) is 18.2 Å². The third-order valence-corrected chi connectivity index (χ3v) is 5.29. The number of rotatable bonds is 6. The summed E-state index contributed by atoms with van der Waals surface area (Å²) in [4.78, 5) is 13.7. The third-order valence-electron chi connectivity index (χ3n) is 4.92. The van der Waals surface area contributed by atoms with E-state index in [9.17, 15) is 4.79 Å². The molecule has 0 bridgehead atoms. The van der Waals surface area contributed by atoms with Crippen LogP contribution in [0.4, 0.5) is 0 Å². The Morgan fingerprint density at radius 1 is 1.23 bits per heavy atom. The van der Waals surface area contributed by atoms with Crippen LogP contribution in [0.1, 0.15) is 35.6 Å². The summed E-state index contributed by atoms with van der Waals surface area (Å²) in [6, 6.07) is 17.0. The molecule has 0 aromatic heterocycles. The molecule has 4 heteroatoms. The topological polar surface area (TPSA) is 29.5 Å². The van der Waals surface area contributed by atoms with Crippen LogP contribution < -0.4 is 0 Å². The third kappa shape index (κ3) is 4.75. The monoisotopic (exact) mass is 369 g/mol. The molecule has 2 aromatic carbocycles. The van der Waals surface area contributed by atoms with Gasteiger partial charge in [-0.15, -0.1) is 0 Å². The minimum atomic E-state index is -0.337. The van der Waals surface area contributed by atoms with Crippen LogP contribution in [-0.4, -0.2) is 31.1 Å². The number of carbonyl (C=O) groups excluding carboxylic acids is 1. The molecule has 2 aromatic rings. The maximum absolute atomic E-state index is 11.2. The fourth-order valence-corrected chi connectivity index (χ4v) is 3.73. The van der Waals surface area contributed by atoms with Crippen molar-refractivity contribution in [3.05, 3.63) is 76.3 Å². The largest absolute Gasteiger partial charge is 0.466 e. The zero-order valence-electron chi connectivity index (χ0n) is 15.0. The number of hydrogen-bond donors (Lipinski definition) is 0. The molecule has 1 saturated heterocycles. The van der Waals surface area contributed by atoms with Gasteiger partial charge in [0.25, 0.3) is 0 Å². The minimum Gasteiger partial charge on any atom is -0.466 e. The van der Waals surface area contributed by atoms with Gasteiger partial charge in [0, 0.05) is 23.7 Å². The Hall–Kier alpha value is -2.10. The summed E-state index contributed by atoms with van der Waals surface area (Å²) in [7, 11) is 1.38. The van der Waals surface area contributed by atoms with Crippen LogP contribution in [0.25, 0.3) is 6.08 Å². The maximum atomic E-state index is 11.2. The first-order valence-corrected chi connectivity index (χ1v) is 9.38. The molecule has 0 N–H and O–H groups in total. The van der Waals surface area contributed by atoms with Crippen molar-refractivity contribution in [1.29, 1.82) is 0 Å². The van der Waals surface area contributed by atoms with Crippen LogP contribution in [0.5, 0.6) is 0 Å². The summed E-state index contributed by atoms with van der Waals surface area (Å²) in [5.74, 6) is -0.337. The molecule has 0 unspecified atom stereocenters. The lowest BCUT2D eigenvalue weighted by molar-refractivity contribution is -0.134. The van der Waals surface area contributed by atoms with Crippen molar-refractivity contribution in [1.82, 2.24) is 4.90 Å². The number of nitrogens with zero attached hydrogens (tertiary/aromatic N) is 1. The molecular formula is C22H24ClNO2. The van der Waals surface area contributed by atoms with E-state index in [-0.39, 0.29) is 5.97 Å². The molecule has 1 atom stereocenters. The molecule has 3 rings (SSSR count). The minimum absolute atomic E-state index is 0.337. The number of halogens is 1. The van der Waals surface area contributed by atoms with Crippen LogP contribution in [-0.2, 0) is 16.0 Å². The van der Waals surface area contributed by atoms with Crippen molar-refractivity contribution >= 4 is 23.6 Å². The van der Waals surface area contributed by atoms with Crippen LogP contribution in [0.15, 0.2) is 54.6 Å². The highest BCUT2D eigenvalue weighted by molar-refractivity contribution is 6.31. The fraction of sp³-hybridized carbons (Fsp3) is 0.318. The molecule has 3 nitrogen and oxygen atoms in total. The highest BCUT2D eigenvalue weighted by atomic mass is 35.5. The average molecular weight is 370 g/mol. The van der Waals surface area contributed by atoms with Crippen molar-refractivity contribution in [3.63, 3.8) is 0 Å². The van der Waals surface area contributed by atoms with E-state index in [0.717, 1.165) is 30.1 Å². The molecule has 1 fully saturated rings. The summed E-state index contributed by atoms with van der Waals surface area (Å²) >= 11 is 6.29. The van der Waals surface area contributed by atoms with Crippen LogP contribution in [0.3, 0.4) is 0 Å². The van der Waals surface area contributed by atoms with E-state index in [1.54, 1.807) is 6.08 Å². The second kappa shape index (κ2) is 9.02. The van der Waals surface area contributed by atoms with Gasteiger partial charge in [0.2, 0.25) is 0 Å². The van der Waals surface area contributed by atoms with Gasteiger partial charge in [-0.2, -0.15) is 0 Å². The number of ether oxygens (including phenoxy) is 1. The van der Waals surface area contributed by atoms with Gasteiger partial charge in [-0.3, -0.25) is 4.90 Å². The lowest BCUT2D eigenvalue weighted by Gasteiger charge is -2.25. The Kier molecular flexibility index (Phi) is 6.48. The summed E-state index contributed by atoms with van der Waals surface area (Å²) in [6.07, 6.45) is 6.59. The number of methoxy groups -OCH3 is 1. The van der Waals surface area contributed by atoms with E-state index in [4.69, 9.17) is 11.6 Å². The van der Waals surface area contributed by atoms with E-state index >= 15 is 0 Å². The molecule has 0 radical (unpaired) electrons. The number of hydrogen-bond acceptors (Lipinski definition) is 3. The quantitative estimate of drug-likeness (QED) is 0.535. The van der Waals surface area contributed by atoms with Crippen molar-refractivity contribution in [2.75, 3.05) is 20.2 Å². The lowest BCUT2D eigenvalue weighted by Crippen LogP contribution is -2.25. The van der Waals surface area contributed by atoms with E-state index < -0.39 is 0 Å². The van der Waals surface area contributed by atoms with E-state index in [0.29, 0.717) is 6.04 Å². The maximum Gasteiger partial charge on any atom is 0.330 e. The summed E-state index contributed by atoms with van der Waals surface area (Å²) < 4.78 is 4.62. The lowest BCUT2D eigenvalue weighted by atomic mass is 10.0. The second-order valence-electron chi connectivity index (χ2n) is 6.56. The number of benzene rings is 2. The van der Waals surface area contributed by atoms with Crippen LogP contribution in [0, 0.1) is 0 Å². The molecule has 0 spiro atoms. The Morgan fingerprint density at radius 3 is 2.73 bits per heavy atom. The summed E-state index contributed by atoms with van der Waals surface area (Å²) in [5, 5.41) is 0.852. The van der Waals surface area contributed by atoms with Crippen molar-refractivity contribution < 1.29 is 9.53 Å². The molecule has 136 valence electrons. The standard InChI is InChI=1S/C22H24ClNO2/c1-26-22(25)13-10-17-8-11-19(12-9-17)21-7-4-15-24(21)16-14-18-5-2-3-6-20(18)23/h2-3,5-6,8-13,21H,4,7,14-16H2,1H3/t21-/m0/s1. The highest BCUT2D eigenvalue weighted by Crippen LogP contribution is 2.32. The average Bonchev–Trinajstić information content (AvgIpc) is 3.14. The van der Waals surface area contributed by atoms with Gasteiger partial charge < -0.3 is 4.74 Å². The van der Waals surface area contributed by atoms with E-state index in [2.05, 4.69) is 40.0 Å². The zero-order valence-corrected chi connectivity index (χ0v) is 15.8. The normalized spacial score (nSPS) is 17.7. The zero-order chi connectivity index (χ0) is 18.4. The predicted octanol–water partition coefficient (Wildman–Crippen LogP) is 4.91. The Balaban J connectivity index is 1.63. The number of esters is 1. The van der Waals surface area contributed by atoms with Gasteiger partial charge >= 0.3 is 5.97 Å². The number of carbonyl (C=O) groups is 1. The predicted molar refractivity (Wildman–Crippen MR) is 106 cm³/mol. The smallest absolute Gasteiger partial charge is 0.330 e. The molecule has 1 heterocycles. The molecule has 1 aliphatic heterocycles. The molecular weight excluding hydrogens is 346 g/mol. The molecule has 1 aliphatic rings. The summed E-state index contributed by atoms with van der Waals surface area (Å²) in [5.41, 5.74) is 3.54. The number of likely N-dealkylation sites (tertiary alicyclic amines) is 1. The first-order valence-electron chi connectivity index (χ1n) is 9.01. The van der Waals surface area contributed by atoms with Crippen molar-refractivity contribution in [2.45, 2.75) is 25.3 Å². The van der Waals surface area contributed by atoms with Crippen molar-refractivity contribution in [3.8, 4) is 0 Å².